The summed E-state index contributed by atoms with van der Waals surface area (Å²) in [7, 11) is 2.08. The monoisotopic (exact) mass is 192 g/mol. The van der Waals surface area contributed by atoms with E-state index >= 15 is 0 Å². The minimum absolute atomic E-state index is 0.321. The Hall–Kier alpha value is -1.22. The number of hydrogen-bond acceptors (Lipinski definition) is 3. The van der Waals surface area contributed by atoms with Gasteiger partial charge in [-0.15, -0.1) is 0 Å². The third-order valence-corrected chi connectivity index (χ3v) is 2.76. The second kappa shape index (κ2) is 3.88. The number of nitrogens with zero attached hydrogens (tertiary/aromatic N) is 1. The summed E-state index contributed by atoms with van der Waals surface area (Å²) in [6.07, 6.45) is 2.88. The number of aromatic hydroxyl groups is 1. The lowest BCUT2D eigenvalue weighted by Crippen LogP contribution is -2.38. The molecule has 0 spiro atoms. The summed E-state index contributed by atoms with van der Waals surface area (Å²) in [5.41, 5.74) is 1.14. The first-order chi connectivity index (χ1) is 6.77. The molecule has 1 fully saturated rings. The van der Waals surface area contributed by atoms with Gasteiger partial charge in [-0.3, -0.25) is 5.32 Å². The topological polar surface area (TPSA) is 35.5 Å². The van der Waals surface area contributed by atoms with Crippen molar-refractivity contribution in [1.29, 1.82) is 0 Å². The van der Waals surface area contributed by atoms with Gasteiger partial charge in [0.05, 0.1) is 6.17 Å². The van der Waals surface area contributed by atoms with Gasteiger partial charge in [-0.25, -0.2) is 0 Å². The third-order valence-electron chi connectivity index (χ3n) is 2.76. The first-order valence-electron chi connectivity index (χ1n) is 5.02. The van der Waals surface area contributed by atoms with Crippen LogP contribution in [-0.2, 0) is 0 Å². The molecule has 2 rings (SSSR count). The Labute approximate surface area is 84.4 Å². The highest BCUT2D eigenvalue weighted by Crippen LogP contribution is 2.21. The summed E-state index contributed by atoms with van der Waals surface area (Å²) < 4.78 is 0. The molecule has 0 aliphatic carbocycles. The standard InChI is InChI=1S/C11H16N2O/c1-13(11-3-2-8-12-11)9-4-6-10(14)7-5-9/h4-7,11-12,14H,2-3,8H2,1H3. The van der Waals surface area contributed by atoms with Gasteiger partial charge in [0.25, 0.3) is 0 Å². The molecule has 1 aliphatic rings. The Morgan fingerprint density at radius 2 is 2.07 bits per heavy atom. The summed E-state index contributed by atoms with van der Waals surface area (Å²) in [6, 6.07) is 7.33. The van der Waals surface area contributed by atoms with Crippen LogP contribution in [0.5, 0.6) is 5.75 Å². The molecule has 1 saturated heterocycles. The molecule has 0 aromatic heterocycles. The van der Waals surface area contributed by atoms with E-state index in [9.17, 15) is 0 Å². The van der Waals surface area contributed by atoms with E-state index in [1.165, 1.54) is 12.8 Å². The molecule has 1 aliphatic heterocycles. The zero-order chi connectivity index (χ0) is 9.97. The van der Waals surface area contributed by atoms with Gasteiger partial charge in [0.15, 0.2) is 0 Å². The van der Waals surface area contributed by atoms with Crippen molar-refractivity contribution in [2.45, 2.75) is 19.0 Å². The van der Waals surface area contributed by atoms with Crippen molar-refractivity contribution in [1.82, 2.24) is 5.32 Å². The molecule has 1 aromatic carbocycles. The van der Waals surface area contributed by atoms with E-state index < -0.39 is 0 Å². The van der Waals surface area contributed by atoms with Crippen LogP contribution >= 0.6 is 0 Å². The maximum atomic E-state index is 9.17. The lowest BCUT2D eigenvalue weighted by molar-refractivity contribution is 0.475. The van der Waals surface area contributed by atoms with Crippen molar-refractivity contribution in [3.8, 4) is 5.75 Å². The number of phenolic OH excluding ortho intramolecular Hbond substituents is 1. The molecule has 0 bridgehead atoms. The normalized spacial score (nSPS) is 21.1. The number of hydrogen-bond donors (Lipinski definition) is 2. The Kier molecular flexibility index (Phi) is 2.59. The molecule has 1 unspecified atom stereocenters. The van der Waals surface area contributed by atoms with E-state index in [4.69, 9.17) is 5.11 Å². The Balaban J connectivity index is 2.09. The zero-order valence-electron chi connectivity index (χ0n) is 8.40. The van der Waals surface area contributed by atoms with Crippen molar-refractivity contribution in [2.24, 2.45) is 0 Å². The summed E-state index contributed by atoms with van der Waals surface area (Å²) in [6.45, 7) is 1.10. The quantitative estimate of drug-likeness (QED) is 0.746. The fraction of sp³-hybridized carbons (Fsp3) is 0.455. The van der Waals surface area contributed by atoms with Gasteiger partial charge in [-0.2, -0.15) is 0 Å². The summed E-state index contributed by atoms with van der Waals surface area (Å²) >= 11 is 0. The van der Waals surface area contributed by atoms with E-state index in [1.54, 1.807) is 12.1 Å². The van der Waals surface area contributed by atoms with Crippen LogP contribution in [0, 0.1) is 0 Å². The average molecular weight is 192 g/mol. The highest BCUT2D eigenvalue weighted by molar-refractivity contribution is 5.48. The number of phenols is 1. The first-order valence-corrected chi connectivity index (χ1v) is 5.02. The van der Waals surface area contributed by atoms with Crippen LogP contribution in [0.3, 0.4) is 0 Å². The minimum Gasteiger partial charge on any atom is -0.508 e. The van der Waals surface area contributed by atoms with Crippen molar-refractivity contribution in [3.05, 3.63) is 24.3 Å². The molecule has 3 nitrogen and oxygen atoms in total. The molecule has 1 aromatic rings. The molecule has 3 heteroatoms. The first kappa shape index (κ1) is 9.34. The number of rotatable bonds is 2. The minimum atomic E-state index is 0.321. The average Bonchev–Trinajstić information content (AvgIpc) is 2.71. The van der Waals surface area contributed by atoms with Gasteiger partial charge >= 0.3 is 0 Å². The van der Waals surface area contributed by atoms with E-state index in [-0.39, 0.29) is 0 Å². The van der Waals surface area contributed by atoms with Gasteiger partial charge in [-0.05, 0) is 43.7 Å². The predicted octanol–water partition coefficient (Wildman–Crippen LogP) is 1.54. The lowest BCUT2D eigenvalue weighted by atomic mass is 10.2. The molecular weight excluding hydrogens is 176 g/mol. The van der Waals surface area contributed by atoms with Crippen LogP contribution in [0.2, 0.25) is 0 Å². The summed E-state index contributed by atoms with van der Waals surface area (Å²) in [5, 5.41) is 12.6. The highest BCUT2D eigenvalue weighted by atomic mass is 16.3. The Morgan fingerprint density at radius 3 is 2.64 bits per heavy atom. The molecule has 1 heterocycles. The Bertz CT molecular complexity index is 291. The van der Waals surface area contributed by atoms with Crippen LogP contribution in [0.4, 0.5) is 5.69 Å². The smallest absolute Gasteiger partial charge is 0.115 e. The van der Waals surface area contributed by atoms with E-state index in [2.05, 4.69) is 17.3 Å². The van der Waals surface area contributed by atoms with Crippen molar-refractivity contribution in [3.63, 3.8) is 0 Å². The van der Waals surface area contributed by atoms with Gasteiger partial charge < -0.3 is 10.0 Å². The van der Waals surface area contributed by atoms with Crippen LogP contribution in [0.1, 0.15) is 12.8 Å². The fourth-order valence-corrected chi connectivity index (χ4v) is 1.86. The summed E-state index contributed by atoms with van der Waals surface area (Å²) in [5.74, 6) is 0.321. The molecular formula is C11H16N2O. The zero-order valence-corrected chi connectivity index (χ0v) is 8.40. The second-order valence-corrected chi connectivity index (χ2v) is 3.74. The van der Waals surface area contributed by atoms with Crippen molar-refractivity contribution >= 4 is 5.69 Å². The molecule has 0 saturated carbocycles. The number of benzene rings is 1. The van der Waals surface area contributed by atoms with E-state index in [1.807, 2.05) is 12.1 Å². The van der Waals surface area contributed by atoms with Gasteiger partial charge in [0.1, 0.15) is 5.75 Å². The highest BCUT2D eigenvalue weighted by Gasteiger charge is 2.18. The van der Waals surface area contributed by atoms with Crippen molar-refractivity contribution in [2.75, 3.05) is 18.5 Å². The van der Waals surface area contributed by atoms with Crippen LogP contribution in [-0.4, -0.2) is 24.9 Å². The van der Waals surface area contributed by atoms with Gasteiger partial charge in [0.2, 0.25) is 0 Å². The van der Waals surface area contributed by atoms with Crippen LogP contribution in [0.25, 0.3) is 0 Å². The fourth-order valence-electron chi connectivity index (χ4n) is 1.86. The largest absolute Gasteiger partial charge is 0.508 e. The molecule has 2 N–H and O–H groups in total. The molecule has 1 atom stereocenters. The molecule has 14 heavy (non-hydrogen) atoms. The maximum absolute atomic E-state index is 9.17. The van der Waals surface area contributed by atoms with E-state index in [0.717, 1.165) is 12.2 Å². The van der Waals surface area contributed by atoms with E-state index in [0.29, 0.717) is 11.9 Å². The second-order valence-electron chi connectivity index (χ2n) is 3.74. The third kappa shape index (κ3) is 1.82. The van der Waals surface area contributed by atoms with Gasteiger partial charge in [0, 0.05) is 12.7 Å². The van der Waals surface area contributed by atoms with Gasteiger partial charge in [-0.1, -0.05) is 0 Å². The summed E-state index contributed by atoms with van der Waals surface area (Å²) in [4.78, 5) is 2.21. The molecule has 0 radical (unpaired) electrons. The number of nitrogens with one attached hydrogen (secondary N) is 1. The van der Waals surface area contributed by atoms with Crippen molar-refractivity contribution < 1.29 is 5.11 Å². The SMILES string of the molecule is CN(c1ccc(O)cc1)C1CCCN1. The lowest BCUT2D eigenvalue weighted by Gasteiger charge is -2.26. The molecule has 0 amide bonds. The maximum Gasteiger partial charge on any atom is 0.115 e. The number of anilines is 1. The Morgan fingerprint density at radius 1 is 1.36 bits per heavy atom. The van der Waals surface area contributed by atoms with Crippen LogP contribution < -0.4 is 10.2 Å². The van der Waals surface area contributed by atoms with Crippen LogP contribution in [0.15, 0.2) is 24.3 Å². The molecule has 76 valence electrons. The predicted molar refractivity (Wildman–Crippen MR) is 57.5 cm³/mol.